The highest BCUT2D eigenvalue weighted by atomic mass is 14.6. The fourth-order valence-corrected chi connectivity index (χ4v) is 3.50. The van der Waals surface area contributed by atoms with Gasteiger partial charge in [0.25, 0.3) is 0 Å². The van der Waals surface area contributed by atoms with Gasteiger partial charge in [-0.2, -0.15) is 0 Å². The van der Waals surface area contributed by atoms with Crippen molar-refractivity contribution in [1.29, 1.82) is 0 Å². The number of rotatable bonds is 1. The molecule has 0 aliphatic heterocycles. The fraction of sp³-hybridized carbons (Fsp3) is 1.00. The minimum Gasteiger partial charge on any atom is -0.0651 e. The molecule has 1 unspecified atom stereocenters. The summed E-state index contributed by atoms with van der Waals surface area (Å²) >= 11 is 0. The standard InChI is InChI=1S/C12H22/c1-4-11-10(3)9(2)5-6-12(11)7-8-12/h9-11H,4-8H2,1-3H3/t9-,10-,11?/m1/s1. The van der Waals surface area contributed by atoms with E-state index in [9.17, 15) is 0 Å². The van der Waals surface area contributed by atoms with Crippen molar-refractivity contribution in [3.63, 3.8) is 0 Å². The molecule has 0 aromatic heterocycles. The molecule has 0 nitrogen and oxygen atoms in total. The van der Waals surface area contributed by atoms with Crippen LogP contribution in [0.25, 0.3) is 0 Å². The summed E-state index contributed by atoms with van der Waals surface area (Å²) in [6.07, 6.45) is 7.55. The Bertz CT molecular complexity index is 167. The summed E-state index contributed by atoms with van der Waals surface area (Å²) in [6.45, 7) is 7.32. The summed E-state index contributed by atoms with van der Waals surface area (Å²) in [5.41, 5.74) is 0.848. The van der Waals surface area contributed by atoms with E-state index in [0.29, 0.717) is 0 Å². The third kappa shape index (κ3) is 1.11. The molecule has 12 heavy (non-hydrogen) atoms. The second-order valence-corrected chi connectivity index (χ2v) is 5.25. The predicted molar refractivity (Wildman–Crippen MR) is 53.0 cm³/mol. The molecule has 0 radical (unpaired) electrons. The van der Waals surface area contributed by atoms with E-state index in [1.54, 1.807) is 12.8 Å². The zero-order valence-electron chi connectivity index (χ0n) is 8.77. The average Bonchev–Trinajstić information content (AvgIpc) is 2.81. The van der Waals surface area contributed by atoms with Crippen LogP contribution in [-0.4, -0.2) is 0 Å². The van der Waals surface area contributed by atoms with Gasteiger partial charge in [-0.15, -0.1) is 0 Å². The Morgan fingerprint density at radius 2 is 1.83 bits per heavy atom. The minimum atomic E-state index is 0.848. The summed E-state index contributed by atoms with van der Waals surface area (Å²) in [6, 6.07) is 0. The molecule has 0 heterocycles. The maximum absolute atomic E-state index is 2.48. The first-order chi connectivity index (χ1) is 5.69. The highest BCUT2D eigenvalue weighted by Crippen LogP contribution is 2.62. The molecule has 0 aromatic carbocycles. The quantitative estimate of drug-likeness (QED) is 0.555. The van der Waals surface area contributed by atoms with Crippen LogP contribution in [0.2, 0.25) is 0 Å². The van der Waals surface area contributed by atoms with Crippen LogP contribution >= 0.6 is 0 Å². The largest absolute Gasteiger partial charge is 0.0651 e. The first kappa shape index (κ1) is 8.59. The lowest BCUT2D eigenvalue weighted by Crippen LogP contribution is -2.32. The Balaban J connectivity index is 2.11. The lowest BCUT2D eigenvalue weighted by atomic mass is 9.65. The summed E-state index contributed by atoms with van der Waals surface area (Å²) < 4.78 is 0. The van der Waals surface area contributed by atoms with Crippen LogP contribution in [0.15, 0.2) is 0 Å². The molecule has 0 N–H and O–H groups in total. The van der Waals surface area contributed by atoms with Crippen molar-refractivity contribution in [2.75, 3.05) is 0 Å². The SMILES string of the molecule is CCC1[C@H](C)[C@H](C)CCC12CC2. The molecule has 2 aliphatic rings. The Hall–Kier alpha value is 0. The van der Waals surface area contributed by atoms with Gasteiger partial charge in [0.05, 0.1) is 0 Å². The molecule has 0 aromatic rings. The molecule has 2 fully saturated rings. The molecule has 0 saturated heterocycles. The molecule has 2 rings (SSSR count). The average molecular weight is 166 g/mol. The van der Waals surface area contributed by atoms with Crippen molar-refractivity contribution in [3.8, 4) is 0 Å². The zero-order valence-corrected chi connectivity index (χ0v) is 8.77. The van der Waals surface area contributed by atoms with Gasteiger partial charge in [-0.05, 0) is 48.9 Å². The van der Waals surface area contributed by atoms with E-state index in [2.05, 4.69) is 20.8 Å². The first-order valence-electron chi connectivity index (χ1n) is 5.69. The van der Waals surface area contributed by atoms with Gasteiger partial charge in [0.15, 0.2) is 0 Å². The molecule has 1 spiro atoms. The van der Waals surface area contributed by atoms with Gasteiger partial charge in [-0.3, -0.25) is 0 Å². The van der Waals surface area contributed by atoms with Crippen LogP contribution in [0, 0.1) is 23.2 Å². The third-order valence-corrected chi connectivity index (χ3v) is 4.75. The molecule has 0 amide bonds. The van der Waals surface area contributed by atoms with E-state index in [1.165, 1.54) is 19.3 Å². The lowest BCUT2D eigenvalue weighted by molar-refractivity contribution is 0.0903. The summed E-state index contributed by atoms with van der Waals surface area (Å²) in [5.74, 6) is 3.04. The zero-order chi connectivity index (χ0) is 8.77. The van der Waals surface area contributed by atoms with Crippen molar-refractivity contribution < 1.29 is 0 Å². The van der Waals surface area contributed by atoms with E-state index in [4.69, 9.17) is 0 Å². The highest BCUT2D eigenvalue weighted by molar-refractivity contribution is 5.02. The molecule has 3 atom stereocenters. The summed E-state index contributed by atoms with van der Waals surface area (Å²) in [7, 11) is 0. The van der Waals surface area contributed by atoms with Crippen molar-refractivity contribution in [2.24, 2.45) is 23.2 Å². The van der Waals surface area contributed by atoms with E-state index in [-0.39, 0.29) is 0 Å². The Morgan fingerprint density at radius 1 is 1.17 bits per heavy atom. The molecule has 70 valence electrons. The minimum absolute atomic E-state index is 0.848. The monoisotopic (exact) mass is 166 g/mol. The van der Waals surface area contributed by atoms with Gasteiger partial charge in [-0.1, -0.05) is 27.2 Å². The Kier molecular flexibility index (Phi) is 1.97. The Morgan fingerprint density at radius 3 is 2.33 bits per heavy atom. The normalized spacial score (nSPS) is 44.8. The smallest absolute Gasteiger partial charge is 0.0266 e. The van der Waals surface area contributed by atoms with Crippen LogP contribution < -0.4 is 0 Å². The maximum atomic E-state index is 2.48. The van der Waals surface area contributed by atoms with Crippen LogP contribution in [0.5, 0.6) is 0 Å². The van der Waals surface area contributed by atoms with Crippen molar-refractivity contribution in [1.82, 2.24) is 0 Å². The van der Waals surface area contributed by atoms with E-state index in [1.807, 2.05) is 0 Å². The van der Waals surface area contributed by atoms with Crippen molar-refractivity contribution in [3.05, 3.63) is 0 Å². The lowest BCUT2D eigenvalue weighted by Gasteiger charge is -2.40. The van der Waals surface area contributed by atoms with E-state index >= 15 is 0 Å². The van der Waals surface area contributed by atoms with Crippen molar-refractivity contribution >= 4 is 0 Å². The van der Waals surface area contributed by atoms with Gasteiger partial charge in [0.2, 0.25) is 0 Å². The number of hydrogen-bond acceptors (Lipinski definition) is 0. The Labute approximate surface area is 76.7 Å². The molecule has 0 heteroatoms. The topological polar surface area (TPSA) is 0 Å². The molecular formula is C12H22. The van der Waals surface area contributed by atoms with Gasteiger partial charge in [0, 0.05) is 0 Å². The van der Waals surface area contributed by atoms with Gasteiger partial charge < -0.3 is 0 Å². The van der Waals surface area contributed by atoms with E-state index in [0.717, 1.165) is 23.2 Å². The maximum Gasteiger partial charge on any atom is -0.0266 e. The summed E-state index contributed by atoms with van der Waals surface area (Å²) in [5, 5.41) is 0. The van der Waals surface area contributed by atoms with Gasteiger partial charge >= 0.3 is 0 Å². The highest BCUT2D eigenvalue weighted by Gasteiger charge is 2.52. The van der Waals surface area contributed by atoms with Crippen LogP contribution in [0.1, 0.15) is 52.9 Å². The van der Waals surface area contributed by atoms with Gasteiger partial charge in [0.1, 0.15) is 0 Å². The molecular weight excluding hydrogens is 144 g/mol. The summed E-state index contributed by atoms with van der Waals surface area (Å²) in [4.78, 5) is 0. The van der Waals surface area contributed by atoms with Crippen LogP contribution in [0.4, 0.5) is 0 Å². The molecule has 2 saturated carbocycles. The second-order valence-electron chi connectivity index (χ2n) is 5.25. The molecule has 0 bridgehead atoms. The van der Waals surface area contributed by atoms with Crippen LogP contribution in [-0.2, 0) is 0 Å². The number of hydrogen-bond donors (Lipinski definition) is 0. The van der Waals surface area contributed by atoms with E-state index < -0.39 is 0 Å². The second kappa shape index (κ2) is 2.75. The van der Waals surface area contributed by atoms with Gasteiger partial charge in [-0.25, -0.2) is 0 Å². The molecule has 2 aliphatic carbocycles. The fourth-order valence-electron chi connectivity index (χ4n) is 3.50. The first-order valence-corrected chi connectivity index (χ1v) is 5.69. The predicted octanol–water partition coefficient (Wildman–Crippen LogP) is 3.86. The van der Waals surface area contributed by atoms with Crippen molar-refractivity contribution in [2.45, 2.75) is 52.9 Å². The third-order valence-electron chi connectivity index (χ3n) is 4.75. The van der Waals surface area contributed by atoms with Crippen LogP contribution in [0.3, 0.4) is 0 Å².